The monoisotopic (exact) mass is 209 g/mol. The zero-order valence-electron chi connectivity index (χ0n) is 9.13. The van der Waals surface area contributed by atoms with Crippen LogP contribution in [0.15, 0.2) is 23.6 Å². The molecule has 0 atom stereocenters. The minimum Gasteiger partial charge on any atom is -0.506 e. The smallest absolute Gasteiger partial charge is 0.229 e. The summed E-state index contributed by atoms with van der Waals surface area (Å²) in [5, 5.41) is 12.3. The molecule has 4 heteroatoms. The van der Waals surface area contributed by atoms with Crippen LogP contribution in [0.25, 0.3) is 0 Å². The van der Waals surface area contributed by atoms with Crippen LogP contribution in [-0.4, -0.2) is 23.2 Å². The highest BCUT2D eigenvalue weighted by Gasteiger charge is 2.20. The molecule has 2 N–H and O–H groups in total. The Balaban J connectivity index is 2.71. The quantitative estimate of drug-likeness (QED) is 0.528. The number of rotatable bonds is 2. The van der Waals surface area contributed by atoms with E-state index in [9.17, 15) is 14.7 Å². The molecule has 0 heterocycles. The third-order valence-corrected chi connectivity index (χ3v) is 1.87. The Hall–Kier alpha value is -1.58. The number of aliphatic hydroxyl groups is 1. The Morgan fingerprint density at radius 3 is 2.27 bits per heavy atom. The molecular weight excluding hydrogens is 194 g/mol. The second-order valence-corrected chi connectivity index (χ2v) is 4.73. The van der Waals surface area contributed by atoms with Crippen LogP contribution < -0.4 is 5.32 Å². The first-order valence-electron chi connectivity index (χ1n) is 4.74. The van der Waals surface area contributed by atoms with Gasteiger partial charge < -0.3 is 10.4 Å². The zero-order valence-corrected chi connectivity index (χ0v) is 9.13. The summed E-state index contributed by atoms with van der Waals surface area (Å²) in [4.78, 5) is 21.9. The Morgan fingerprint density at radius 2 is 1.73 bits per heavy atom. The fourth-order valence-corrected chi connectivity index (χ4v) is 1.05. The maximum atomic E-state index is 11.1. The number of ketones is 2. The fourth-order valence-electron chi connectivity index (χ4n) is 1.05. The van der Waals surface area contributed by atoms with Crippen LogP contribution in [0.4, 0.5) is 0 Å². The lowest BCUT2D eigenvalue weighted by molar-refractivity contribution is -0.131. The average Bonchev–Trinajstić information content (AvgIpc) is 2.07. The van der Waals surface area contributed by atoms with E-state index in [1.165, 1.54) is 0 Å². The van der Waals surface area contributed by atoms with Crippen LogP contribution in [0.2, 0.25) is 0 Å². The Morgan fingerprint density at radius 1 is 1.20 bits per heavy atom. The summed E-state index contributed by atoms with van der Waals surface area (Å²) >= 11 is 0. The van der Waals surface area contributed by atoms with Gasteiger partial charge in [0, 0.05) is 18.7 Å². The molecular formula is C11H15NO3. The van der Waals surface area contributed by atoms with Crippen LogP contribution in [0, 0.1) is 5.41 Å². The summed E-state index contributed by atoms with van der Waals surface area (Å²) in [5.74, 6) is -1.47. The molecule has 0 aromatic rings. The normalized spacial score (nSPS) is 17.3. The maximum absolute atomic E-state index is 11.1. The fraction of sp³-hybridized carbons (Fsp3) is 0.455. The van der Waals surface area contributed by atoms with Crippen LogP contribution >= 0.6 is 0 Å². The van der Waals surface area contributed by atoms with E-state index in [0.717, 1.165) is 12.2 Å². The molecule has 0 bridgehead atoms. The van der Waals surface area contributed by atoms with Gasteiger partial charge in [-0.2, -0.15) is 0 Å². The molecule has 1 rings (SSSR count). The molecule has 0 radical (unpaired) electrons. The first-order valence-corrected chi connectivity index (χ1v) is 4.74. The van der Waals surface area contributed by atoms with Gasteiger partial charge in [0.05, 0.1) is 5.70 Å². The van der Waals surface area contributed by atoms with Crippen molar-refractivity contribution in [2.75, 3.05) is 6.54 Å². The van der Waals surface area contributed by atoms with Crippen molar-refractivity contribution >= 4 is 11.6 Å². The summed E-state index contributed by atoms with van der Waals surface area (Å²) in [7, 11) is 0. The minimum atomic E-state index is -0.686. The molecule has 1 aliphatic carbocycles. The molecule has 0 aromatic carbocycles. The van der Waals surface area contributed by atoms with E-state index in [-0.39, 0.29) is 11.2 Å². The highest BCUT2D eigenvalue weighted by Crippen LogP contribution is 2.14. The molecule has 0 unspecified atom stereocenters. The van der Waals surface area contributed by atoms with E-state index >= 15 is 0 Å². The Labute approximate surface area is 88.7 Å². The van der Waals surface area contributed by atoms with Crippen molar-refractivity contribution < 1.29 is 14.7 Å². The van der Waals surface area contributed by atoms with E-state index in [1.807, 2.05) is 20.8 Å². The molecule has 0 fully saturated rings. The number of nitrogens with one attached hydrogen (secondary N) is 1. The predicted molar refractivity (Wildman–Crippen MR) is 56.3 cm³/mol. The van der Waals surface area contributed by atoms with E-state index < -0.39 is 11.6 Å². The molecule has 0 saturated carbocycles. The summed E-state index contributed by atoms with van der Waals surface area (Å²) in [6.07, 6.45) is 2.07. The van der Waals surface area contributed by atoms with Gasteiger partial charge in [-0.05, 0) is 5.41 Å². The van der Waals surface area contributed by atoms with Gasteiger partial charge in [-0.15, -0.1) is 0 Å². The third kappa shape index (κ3) is 3.23. The molecule has 4 nitrogen and oxygen atoms in total. The first-order chi connectivity index (χ1) is 6.79. The summed E-state index contributed by atoms with van der Waals surface area (Å²) in [5.41, 5.74) is 0.348. The standard InChI is InChI=1S/C11H15NO3/c1-11(2,3)6-12-7-4-9(14)10(15)5-8(7)13/h4-5,12-13H,6H2,1-3H3. The summed E-state index contributed by atoms with van der Waals surface area (Å²) in [6.45, 7) is 6.68. The van der Waals surface area contributed by atoms with E-state index in [0.29, 0.717) is 12.2 Å². The number of aliphatic hydroxyl groups excluding tert-OH is 1. The van der Waals surface area contributed by atoms with Crippen molar-refractivity contribution in [2.45, 2.75) is 20.8 Å². The van der Waals surface area contributed by atoms with Crippen molar-refractivity contribution in [1.82, 2.24) is 5.32 Å². The maximum Gasteiger partial charge on any atom is 0.229 e. The lowest BCUT2D eigenvalue weighted by Crippen LogP contribution is -2.30. The number of carbonyl (C=O) groups is 2. The molecule has 82 valence electrons. The van der Waals surface area contributed by atoms with Crippen molar-refractivity contribution in [3.63, 3.8) is 0 Å². The zero-order chi connectivity index (χ0) is 11.6. The van der Waals surface area contributed by atoms with Gasteiger partial charge in [0.2, 0.25) is 11.6 Å². The largest absolute Gasteiger partial charge is 0.506 e. The summed E-state index contributed by atoms with van der Waals surface area (Å²) < 4.78 is 0. The van der Waals surface area contributed by atoms with Gasteiger partial charge in [0.15, 0.2) is 0 Å². The number of allylic oxidation sites excluding steroid dienone is 2. The second kappa shape index (κ2) is 3.88. The van der Waals surface area contributed by atoms with Crippen molar-refractivity contribution in [1.29, 1.82) is 0 Å². The Bertz CT molecular complexity index is 359. The lowest BCUT2D eigenvalue weighted by Gasteiger charge is -2.21. The van der Waals surface area contributed by atoms with Crippen LogP contribution in [0.3, 0.4) is 0 Å². The molecule has 0 amide bonds. The van der Waals surface area contributed by atoms with Gasteiger partial charge in [-0.3, -0.25) is 9.59 Å². The van der Waals surface area contributed by atoms with E-state index in [4.69, 9.17) is 0 Å². The highest BCUT2D eigenvalue weighted by molar-refractivity contribution is 6.46. The molecule has 0 spiro atoms. The van der Waals surface area contributed by atoms with Crippen molar-refractivity contribution in [3.05, 3.63) is 23.6 Å². The third-order valence-electron chi connectivity index (χ3n) is 1.87. The molecule has 0 aliphatic heterocycles. The first kappa shape index (κ1) is 11.5. The molecule has 15 heavy (non-hydrogen) atoms. The molecule has 0 aromatic heterocycles. The van der Waals surface area contributed by atoms with Crippen LogP contribution in [0.1, 0.15) is 20.8 Å². The second-order valence-electron chi connectivity index (χ2n) is 4.73. The number of hydrogen-bond donors (Lipinski definition) is 2. The average molecular weight is 209 g/mol. The van der Waals surface area contributed by atoms with Crippen LogP contribution in [-0.2, 0) is 9.59 Å². The predicted octanol–water partition coefficient (Wildman–Crippen LogP) is 1.10. The van der Waals surface area contributed by atoms with E-state index in [2.05, 4.69) is 5.32 Å². The Kier molecular flexibility index (Phi) is 2.98. The lowest BCUT2D eigenvalue weighted by atomic mass is 9.96. The minimum absolute atomic E-state index is 0.0334. The van der Waals surface area contributed by atoms with Crippen LogP contribution in [0.5, 0.6) is 0 Å². The van der Waals surface area contributed by atoms with Gasteiger partial charge in [-0.25, -0.2) is 0 Å². The molecule has 1 aliphatic rings. The van der Waals surface area contributed by atoms with Gasteiger partial charge >= 0.3 is 0 Å². The molecule has 0 saturated heterocycles. The van der Waals surface area contributed by atoms with Crippen molar-refractivity contribution in [3.8, 4) is 0 Å². The summed E-state index contributed by atoms with van der Waals surface area (Å²) in [6, 6.07) is 0. The van der Waals surface area contributed by atoms with Gasteiger partial charge in [0.25, 0.3) is 0 Å². The van der Waals surface area contributed by atoms with Gasteiger partial charge in [-0.1, -0.05) is 20.8 Å². The SMILES string of the molecule is CC(C)(C)CNC1=CC(=O)C(=O)C=C1O. The number of carbonyl (C=O) groups excluding carboxylic acids is 2. The topological polar surface area (TPSA) is 66.4 Å². The highest BCUT2D eigenvalue weighted by atomic mass is 16.3. The van der Waals surface area contributed by atoms with Crippen molar-refractivity contribution in [2.24, 2.45) is 5.41 Å². The number of hydrogen-bond acceptors (Lipinski definition) is 4. The van der Waals surface area contributed by atoms with E-state index in [1.54, 1.807) is 0 Å². The van der Waals surface area contributed by atoms with Gasteiger partial charge in [0.1, 0.15) is 5.76 Å².